The molecule has 0 amide bonds. The Morgan fingerprint density at radius 1 is 0.919 bits per heavy atom. The molecular weight excluding hydrogens is 470 g/mol. The Morgan fingerprint density at radius 3 is 2.16 bits per heavy atom. The summed E-state index contributed by atoms with van der Waals surface area (Å²) < 4.78 is 22.8. The van der Waals surface area contributed by atoms with E-state index in [1.165, 1.54) is 5.56 Å². The second-order valence-electron chi connectivity index (χ2n) is 9.74. The molecule has 37 heavy (non-hydrogen) atoms. The van der Waals surface area contributed by atoms with Crippen molar-refractivity contribution in [2.24, 2.45) is 0 Å². The monoisotopic (exact) mass is 501 g/mol. The third-order valence-electron chi connectivity index (χ3n) is 5.91. The zero-order chi connectivity index (χ0) is 26.6. The minimum Gasteiger partial charge on any atom is -0.497 e. The summed E-state index contributed by atoms with van der Waals surface area (Å²) in [6, 6.07) is 21.2. The molecule has 1 heterocycles. The fourth-order valence-electron chi connectivity index (χ4n) is 3.85. The summed E-state index contributed by atoms with van der Waals surface area (Å²) in [5.74, 6) is 1.93. The number of carboxylic acid groups (broad SMARTS) is 1. The first-order chi connectivity index (χ1) is 17.6. The number of carbonyl (C=O) groups is 1. The van der Waals surface area contributed by atoms with Gasteiger partial charge in [-0.1, -0.05) is 45.0 Å². The van der Waals surface area contributed by atoms with Crippen molar-refractivity contribution in [2.45, 2.75) is 39.7 Å². The highest BCUT2D eigenvalue weighted by molar-refractivity contribution is 5.77. The van der Waals surface area contributed by atoms with Gasteiger partial charge in [0, 0.05) is 11.1 Å². The van der Waals surface area contributed by atoms with Crippen LogP contribution in [0.4, 0.5) is 0 Å². The van der Waals surface area contributed by atoms with E-state index < -0.39 is 12.6 Å². The summed E-state index contributed by atoms with van der Waals surface area (Å²) >= 11 is 0. The molecule has 0 radical (unpaired) electrons. The number of hydrogen-bond donors (Lipinski definition) is 1. The minimum absolute atomic E-state index is 0.0457. The van der Waals surface area contributed by atoms with Crippen molar-refractivity contribution in [3.63, 3.8) is 0 Å². The van der Waals surface area contributed by atoms with E-state index in [-0.39, 0.29) is 12.0 Å². The molecule has 4 aromatic rings. The Kier molecular flexibility index (Phi) is 7.53. The van der Waals surface area contributed by atoms with Gasteiger partial charge in [-0.3, -0.25) is 0 Å². The predicted octanol–water partition coefficient (Wildman–Crippen LogP) is 6.67. The maximum absolute atomic E-state index is 10.8. The van der Waals surface area contributed by atoms with Gasteiger partial charge in [0.2, 0.25) is 5.89 Å². The van der Waals surface area contributed by atoms with E-state index >= 15 is 0 Å². The molecular formula is C30H31NO6. The molecule has 0 spiro atoms. The molecule has 4 rings (SSSR count). The van der Waals surface area contributed by atoms with E-state index in [1.54, 1.807) is 25.3 Å². The number of carboxylic acids is 1. The molecule has 0 atom stereocenters. The first kappa shape index (κ1) is 25.8. The topological polar surface area (TPSA) is 91.0 Å². The third kappa shape index (κ3) is 6.30. The van der Waals surface area contributed by atoms with E-state index in [4.69, 9.17) is 28.7 Å². The van der Waals surface area contributed by atoms with Gasteiger partial charge in [-0.15, -0.1) is 0 Å². The van der Waals surface area contributed by atoms with Gasteiger partial charge < -0.3 is 23.7 Å². The van der Waals surface area contributed by atoms with Crippen molar-refractivity contribution in [3.8, 4) is 39.8 Å². The molecule has 0 unspecified atom stereocenters. The van der Waals surface area contributed by atoms with Crippen molar-refractivity contribution >= 4 is 5.97 Å². The summed E-state index contributed by atoms with van der Waals surface area (Å²) in [6.07, 6.45) is 0. The highest BCUT2D eigenvalue weighted by Crippen LogP contribution is 2.35. The standard InChI is InChI=1S/C30H31NO6/c1-19-16-24(14-15-25(19)36-18-27(32)33)35-17-26-31-28(20-8-12-23(34-5)13-9-20)29(37-26)21-6-10-22(11-7-21)30(2,3)4/h6-16H,17-18H2,1-5H3,(H,32,33). The Labute approximate surface area is 216 Å². The first-order valence-electron chi connectivity index (χ1n) is 12.0. The van der Waals surface area contributed by atoms with E-state index in [1.807, 2.05) is 31.2 Å². The van der Waals surface area contributed by atoms with E-state index in [9.17, 15) is 4.79 Å². The van der Waals surface area contributed by atoms with Gasteiger partial charge >= 0.3 is 5.97 Å². The second-order valence-corrected chi connectivity index (χ2v) is 9.74. The van der Waals surface area contributed by atoms with Crippen LogP contribution in [0.15, 0.2) is 71.1 Å². The molecule has 3 aromatic carbocycles. The van der Waals surface area contributed by atoms with E-state index in [0.29, 0.717) is 23.1 Å². The Morgan fingerprint density at radius 2 is 1.57 bits per heavy atom. The van der Waals surface area contributed by atoms with E-state index in [2.05, 4.69) is 45.0 Å². The predicted molar refractivity (Wildman–Crippen MR) is 141 cm³/mol. The largest absolute Gasteiger partial charge is 0.497 e. The molecule has 0 aliphatic rings. The van der Waals surface area contributed by atoms with Crippen LogP contribution in [0.5, 0.6) is 17.2 Å². The molecule has 0 aliphatic heterocycles. The Hall–Kier alpha value is -4.26. The van der Waals surface area contributed by atoms with Gasteiger partial charge in [-0.25, -0.2) is 9.78 Å². The summed E-state index contributed by atoms with van der Waals surface area (Å²) in [4.78, 5) is 15.5. The number of methoxy groups -OCH3 is 1. The van der Waals surface area contributed by atoms with Gasteiger partial charge in [0.05, 0.1) is 7.11 Å². The lowest BCUT2D eigenvalue weighted by Gasteiger charge is -2.19. The molecule has 0 saturated heterocycles. The molecule has 1 aromatic heterocycles. The van der Waals surface area contributed by atoms with Crippen LogP contribution in [0.3, 0.4) is 0 Å². The fraction of sp³-hybridized carbons (Fsp3) is 0.267. The molecule has 0 bridgehead atoms. The highest BCUT2D eigenvalue weighted by Gasteiger charge is 2.19. The number of benzene rings is 3. The quantitative estimate of drug-likeness (QED) is 0.274. The normalized spacial score (nSPS) is 11.3. The van der Waals surface area contributed by atoms with Gasteiger partial charge in [0.15, 0.2) is 19.0 Å². The SMILES string of the molecule is COc1ccc(-c2nc(COc3ccc(OCC(=O)O)c(C)c3)oc2-c2ccc(C(C)(C)C)cc2)cc1. The Bertz CT molecular complexity index is 1360. The fourth-order valence-corrected chi connectivity index (χ4v) is 3.85. The molecule has 1 N–H and O–H groups in total. The molecule has 0 aliphatic carbocycles. The first-order valence-corrected chi connectivity index (χ1v) is 12.0. The van der Waals surface area contributed by atoms with Gasteiger partial charge in [0.25, 0.3) is 0 Å². The number of ether oxygens (including phenoxy) is 3. The molecule has 7 nitrogen and oxygen atoms in total. The van der Waals surface area contributed by atoms with Crippen LogP contribution in [0.2, 0.25) is 0 Å². The number of aliphatic carboxylic acids is 1. The van der Waals surface area contributed by atoms with Crippen LogP contribution >= 0.6 is 0 Å². The highest BCUT2D eigenvalue weighted by atomic mass is 16.5. The van der Waals surface area contributed by atoms with Crippen molar-refractivity contribution in [1.29, 1.82) is 0 Å². The number of aryl methyl sites for hydroxylation is 1. The lowest BCUT2D eigenvalue weighted by Crippen LogP contribution is -2.10. The van der Waals surface area contributed by atoms with Crippen LogP contribution in [-0.2, 0) is 16.8 Å². The maximum Gasteiger partial charge on any atom is 0.341 e. The zero-order valence-corrected chi connectivity index (χ0v) is 21.7. The summed E-state index contributed by atoms with van der Waals surface area (Å²) in [5.41, 5.74) is 4.60. The van der Waals surface area contributed by atoms with Gasteiger partial charge in [0.1, 0.15) is 22.9 Å². The smallest absolute Gasteiger partial charge is 0.341 e. The van der Waals surface area contributed by atoms with Crippen LogP contribution < -0.4 is 14.2 Å². The number of rotatable bonds is 9. The van der Waals surface area contributed by atoms with Crippen LogP contribution in [0.1, 0.15) is 37.8 Å². The van der Waals surface area contributed by atoms with Crippen molar-refractivity contribution in [1.82, 2.24) is 4.98 Å². The van der Waals surface area contributed by atoms with Gasteiger partial charge in [-0.2, -0.15) is 0 Å². The number of nitrogens with zero attached hydrogens (tertiary/aromatic N) is 1. The average Bonchev–Trinajstić information content (AvgIpc) is 3.31. The average molecular weight is 502 g/mol. The lowest BCUT2D eigenvalue weighted by atomic mass is 9.86. The number of oxazole rings is 1. The molecule has 0 fully saturated rings. The van der Waals surface area contributed by atoms with Crippen LogP contribution in [0, 0.1) is 6.92 Å². The maximum atomic E-state index is 10.8. The van der Waals surface area contributed by atoms with Crippen LogP contribution in [0.25, 0.3) is 22.6 Å². The summed E-state index contributed by atoms with van der Waals surface area (Å²) in [5, 5.41) is 8.82. The second kappa shape index (κ2) is 10.8. The molecule has 7 heteroatoms. The lowest BCUT2D eigenvalue weighted by molar-refractivity contribution is -0.139. The molecule has 192 valence electrons. The summed E-state index contributed by atoms with van der Waals surface area (Å²) in [6.45, 7) is 8.10. The third-order valence-corrected chi connectivity index (χ3v) is 5.91. The zero-order valence-electron chi connectivity index (χ0n) is 21.7. The van der Waals surface area contributed by atoms with Crippen molar-refractivity contribution in [2.75, 3.05) is 13.7 Å². The van der Waals surface area contributed by atoms with Crippen molar-refractivity contribution < 1.29 is 28.5 Å². The minimum atomic E-state index is -1.03. The Balaban J connectivity index is 1.60. The number of hydrogen-bond acceptors (Lipinski definition) is 6. The van der Waals surface area contributed by atoms with E-state index in [0.717, 1.165) is 28.1 Å². The summed E-state index contributed by atoms with van der Waals surface area (Å²) in [7, 11) is 1.63. The van der Waals surface area contributed by atoms with Crippen LogP contribution in [-0.4, -0.2) is 29.8 Å². The molecule has 0 saturated carbocycles. The van der Waals surface area contributed by atoms with Crippen molar-refractivity contribution in [3.05, 3.63) is 83.7 Å². The number of aromatic nitrogens is 1. The van der Waals surface area contributed by atoms with Gasteiger partial charge in [-0.05, 0) is 65.9 Å².